The summed E-state index contributed by atoms with van der Waals surface area (Å²) in [6.07, 6.45) is -0.168. The van der Waals surface area contributed by atoms with Gasteiger partial charge >= 0.3 is 12.1 Å². The van der Waals surface area contributed by atoms with Crippen molar-refractivity contribution in [3.05, 3.63) is 34.4 Å². The Morgan fingerprint density at radius 3 is 2.64 bits per heavy atom. The second-order valence-electron chi connectivity index (χ2n) is 6.60. The number of likely N-dealkylation sites (tertiary alicyclic amines) is 1. The summed E-state index contributed by atoms with van der Waals surface area (Å²) >= 11 is 0. The average Bonchev–Trinajstić information content (AvgIpc) is 3.03. The van der Waals surface area contributed by atoms with Crippen LogP contribution in [0.1, 0.15) is 39.9 Å². The van der Waals surface area contributed by atoms with E-state index < -0.39 is 12.1 Å². The van der Waals surface area contributed by atoms with E-state index in [-0.39, 0.29) is 31.0 Å². The summed E-state index contributed by atoms with van der Waals surface area (Å²) in [5.41, 5.74) is 3.48. The largest absolute Gasteiger partial charge is 0.468 e. The van der Waals surface area contributed by atoms with Crippen LogP contribution in [0.5, 0.6) is 0 Å². The number of nitrogens with zero attached hydrogens (tertiary/aromatic N) is 2. The van der Waals surface area contributed by atoms with E-state index in [1.807, 2.05) is 26.0 Å². The average molecular weight is 346 g/mol. The smallest absolute Gasteiger partial charge is 0.407 e. The Hall–Kier alpha value is -2.57. The first-order valence-corrected chi connectivity index (χ1v) is 8.36. The Morgan fingerprint density at radius 2 is 2.04 bits per heavy atom. The lowest BCUT2D eigenvalue weighted by Gasteiger charge is -2.38. The number of aryl methyl sites for hydroxylation is 2. The molecule has 134 valence electrons. The molecule has 1 N–H and O–H groups in total. The molecular formula is C18H22N2O5. The molecule has 2 amide bonds. The number of hydrogen-bond acceptors (Lipinski definition) is 4. The van der Waals surface area contributed by atoms with Crippen molar-refractivity contribution in [3.8, 4) is 0 Å². The van der Waals surface area contributed by atoms with Gasteiger partial charge in [-0.25, -0.2) is 4.79 Å². The standard InChI is InChI=1S/C18H22N2O5/c1-4-11-5-10(2)16-12(6-11)13-7-19(18(23)24)8-14(13)20(17(16)22)9-15(21)25-3/h5-6,13-14H,4,7-9H2,1-3H3,(H,23,24). The summed E-state index contributed by atoms with van der Waals surface area (Å²) in [4.78, 5) is 39.1. The second-order valence-corrected chi connectivity index (χ2v) is 6.60. The van der Waals surface area contributed by atoms with Crippen molar-refractivity contribution in [2.75, 3.05) is 26.7 Å². The van der Waals surface area contributed by atoms with Crippen LogP contribution in [0, 0.1) is 6.92 Å². The molecule has 1 aromatic rings. The Labute approximate surface area is 146 Å². The van der Waals surface area contributed by atoms with E-state index >= 15 is 0 Å². The first kappa shape index (κ1) is 17.3. The molecule has 2 aliphatic heterocycles. The van der Waals surface area contributed by atoms with Gasteiger partial charge in [-0.15, -0.1) is 0 Å². The van der Waals surface area contributed by atoms with Crippen molar-refractivity contribution in [2.45, 2.75) is 32.2 Å². The van der Waals surface area contributed by atoms with E-state index in [4.69, 9.17) is 4.74 Å². The van der Waals surface area contributed by atoms with Crippen molar-refractivity contribution in [3.63, 3.8) is 0 Å². The van der Waals surface area contributed by atoms with E-state index in [1.54, 1.807) is 0 Å². The third kappa shape index (κ3) is 2.83. The molecule has 25 heavy (non-hydrogen) atoms. The lowest BCUT2D eigenvalue weighted by Crippen LogP contribution is -2.50. The third-order valence-corrected chi connectivity index (χ3v) is 5.20. The highest BCUT2D eigenvalue weighted by molar-refractivity contribution is 6.00. The van der Waals surface area contributed by atoms with Crippen LogP contribution in [-0.4, -0.2) is 65.7 Å². The van der Waals surface area contributed by atoms with Crippen LogP contribution in [0.4, 0.5) is 4.79 Å². The minimum atomic E-state index is -1.01. The topological polar surface area (TPSA) is 87.2 Å². The van der Waals surface area contributed by atoms with Gasteiger partial charge in [0.15, 0.2) is 0 Å². The molecule has 3 rings (SSSR count). The maximum atomic E-state index is 13.1. The molecule has 1 aromatic carbocycles. The van der Waals surface area contributed by atoms with E-state index in [0.29, 0.717) is 12.1 Å². The number of carboxylic acid groups (broad SMARTS) is 1. The minimum Gasteiger partial charge on any atom is -0.468 e. The van der Waals surface area contributed by atoms with Crippen LogP contribution in [0.15, 0.2) is 12.1 Å². The zero-order valence-corrected chi connectivity index (χ0v) is 14.6. The molecule has 2 atom stereocenters. The number of fused-ring (bicyclic) bond motifs is 3. The summed E-state index contributed by atoms with van der Waals surface area (Å²) in [5.74, 6) is -0.861. The summed E-state index contributed by atoms with van der Waals surface area (Å²) in [6, 6.07) is 3.65. The number of hydrogen-bond donors (Lipinski definition) is 1. The number of carbonyl (C=O) groups excluding carboxylic acids is 2. The van der Waals surface area contributed by atoms with Gasteiger partial charge in [-0.3, -0.25) is 9.59 Å². The number of benzene rings is 1. The number of methoxy groups -OCH3 is 1. The SMILES string of the molecule is CCc1cc(C)c2c(c1)C1CN(C(=O)O)CC1N(CC(=O)OC)C2=O. The lowest BCUT2D eigenvalue weighted by atomic mass is 9.81. The normalized spacial score (nSPS) is 21.8. The number of amides is 2. The fourth-order valence-electron chi connectivity index (χ4n) is 3.93. The van der Waals surface area contributed by atoms with E-state index in [9.17, 15) is 19.5 Å². The third-order valence-electron chi connectivity index (χ3n) is 5.20. The molecule has 0 aliphatic carbocycles. The summed E-state index contributed by atoms with van der Waals surface area (Å²) < 4.78 is 4.72. The maximum Gasteiger partial charge on any atom is 0.407 e. The maximum absolute atomic E-state index is 13.1. The molecule has 2 heterocycles. The summed E-state index contributed by atoms with van der Waals surface area (Å²) in [5, 5.41) is 9.37. The molecule has 2 unspecified atom stereocenters. The van der Waals surface area contributed by atoms with Gasteiger partial charge in [0, 0.05) is 24.6 Å². The van der Waals surface area contributed by atoms with Gasteiger partial charge < -0.3 is 19.6 Å². The summed E-state index contributed by atoms with van der Waals surface area (Å²) in [6.45, 7) is 4.29. The van der Waals surface area contributed by atoms with Crippen LogP contribution in [0.3, 0.4) is 0 Å². The molecule has 0 bridgehead atoms. The van der Waals surface area contributed by atoms with Crippen LogP contribution >= 0.6 is 0 Å². The first-order chi connectivity index (χ1) is 11.9. The van der Waals surface area contributed by atoms with E-state index in [2.05, 4.69) is 0 Å². The molecule has 7 nitrogen and oxygen atoms in total. The number of carbonyl (C=O) groups is 3. The van der Waals surface area contributed by atoms with Crippen LogP contribution in [0.2, 0.25) is 0 Å². The number of ether oxygens (including phenoxy) is 1. The van der Waals surface area contributed by atoms with Gasteiger partial charge in [0.2, 0.25) is 0 Å². The molecule has 0 radical (unpaired) electrons. The predicted octanol–water partition coefficient (Wildman–Crippen LogP) is 1.63. The monoisotopic (exact) mass is 346 g/mol. The van der Waals surface area contributed by atoms with Gasteiger partial charge in [0.25, 0.3) is 5.91 Å². The molecule has 7 heteroatoms. The van der Waals surface area contributed by atoms with E-state index in [0.717, 1.165) is 23.1 Å². The Morgan fingerprint density at radius 1 is 1.32 bits per heavy atom. The quantitative estimate of drug-likeness (QED) is 0.841. The van der Waals surface area contributed by atoms with Crippen LogP contribution < -0.4 is 0 Å². The number of rotatable bonds is 3. The molecule has 0 saturated carbocycles. The van der Waals surface area contributed by atoms with Crippen molar-refractivity contribution in [2.24, 2.45) is 0 Å². The van der Waals surface area contributed by atoms with Crippen molar-refractivity contribution >= 4 is 18.0 Å². The van der Waals surface area contributed by atoms with Crippen molar-refractivity contribution in [1.29, 1.82) is 0 Å². The van der Waals surface area contributed by atoms with E-state index in [1.165, 1.54) is 16.9 Å². The zero-order valence-electron chi connectivity index (χ0n) is 14.6. The first-order valence-electron chi connectivity index (χ1n) is 8.36. The van der Waals surface area contributed by atoms with Crippen LogP contribution in [-0.2, 0) is 16.0 Å². The lowest BCUT2D eigenvalue weighted by molar-refractivity contribution is -0.141. The number of esters is 1. The highest BCUT2D eigenvalue weighted by Crippen LogP contribution is 2.40. The van der Waals surface area contributed by atoms with Gasteiger partial charge in [0.1, 0.15) is 6.54 Å². The Balaban J connectivity index is 2.10. The van der Waals surface area contributed by atoms with Crippen molar-refractivity contribution < 1.29 is 24.2 Å². The van der Waals surface area contributed by atoms with Gasteiger partial charge in [-0.1, -0.05) is 19.1 Å². The Kier molecular flexibility index (Phi) is 4.41. The van der Waals surface area contributed by atoms with Crippen LogP contribution in [0.25, 0.3) is 0 Å². The van der Waals surface area contributed by atoms with Gasteiger partial charge in [-0.2, -0.15) is 0 Å². The molecule has 2 aliphatic rings. The highest BCUT2D eigenvalue weighted by Gasteiger charge is 2.47. The molecule has 0 spiro atoms. The Bertz CT molecular complexity index is 745. The van der Waals surface area contributed by atoms with Crippen molar-refractivity contribution in [1.82, 2.24) is 9.80 Å². The van der Waals surface area contributed by atoms with Gasteiger partial charge in [0.05, 0.1) is 13.2 Å². The fraction of sp³-hybridized carbons (Fsp3) is 0.500. The predicted molar refractivity (Wildman–Crippen MR) is 89.7 cm³/mol. The molecular weight excluding hydrogens is 324 g/mol. The summed E-state index contributed by atoms with van der Waals surface area (Å²) in [7, 11) is 1.28. The molecule has 0 aromatic heterocycles. The fourth-order valence-corrected chi connectivity index (χ4v) is 3.93. The zero-order chi connectivity index (χ0) is 18.3. The molecule has 1 saturated heterocycles. The van der Waals surface area contributed by atoms with Gasteiger partial charge in [-0.05, 0) is 30.0 Å². The highest BCUT2D eigenvalue weighted by atomic mass is 16.5. The molecule has 1 fully saturated rings. The minimum absolute atomic E-state index is 0.126. The second kappa shape index (κ2) is 6.38.